The summed E-state index contributed by atoms with van der Waals surface area (Å²) in [5, 5.41) is 3.30. The van der Waals surface area contributed by atoms with E-state index in [9.17, 15) is 14.0 Å². The van der Waals surface area contributed by atoms with Gasteiger partial charge in [0.25, 0.3) is 0 Å². The van der Waals surface area contributed by atoms with Gasteiger partial charge in [-0.2, -0.15) is 0 Å². The second-order valence-corrected chi connectivity index (χ2v) is 9.03. The monoisotopic (exact) mass is 464 g/mol. The summed E-state index contributed by atoms with van der Waals surface area (Å²) in [6.45, 7) is 7.99. The second kappa shape index (κ2) is 12.1. The minimum absolute atomic E-state index is 0.0305. The summed E-state index contributed by atoms with van der Waals surface area (Å²) < 4.78 is 14.0. The molecule has 2 rings (SSSR count). The Hall–Kier alpha value is -2.05. The van der Waals surface area contributed by atoms with Gasteiger partial charge in [-0.3, -0.25) is 9.59 Å². The van der Waals surface area contributed by atoms with Crippen molar-refractivity contribution in [3.63, 3.8) is 0 Å². The van der Waals surface area contributed by atoms with Crippen LogP contribution in [-0.2, 0) is 21.9 Å². The van der Waals surface area contributed by atoms with Gasteiger partial charge in [0.15, 0.2) is 0 Å². The Morgan fingerprint density at radius 1 is 1.16 bits per heavy atom. The van der Waals surface area contributed by atoms with Crippen LogP contribution in [-0.4, -0.2) is 34.6 Å². The molecule has 31 heavy (non-hydrogen) atoms. The van der Waals surface area contributed by atoms with Crippen LogP contribution in [0, 0.1) is 12.7 Å². The van der Waals surface area contributed by atoms with Gasteiger partial charge < -0.3 is 10.2 Å². The van der Waals surface area contributed by atoms with E-state index in [2.05, 4.69) is 5.32 Å². The third kappa shape index (κ3) is 7.25. The SMILES string of the molecule is CCC(C)NC(=O)C(C)N(Cc1ccccc1C)C(=O)CSCc1c(F)cccc1Cl. The first-order valence-corrected chi connectivity index (χ1v) is 11.9. The lowest BCUT2D eigenvalue weighted by Gasteiger charge is -2.30. The Bertz CT molecular complexity index is 889. The van der Waals surface area contributed by atoms with Crippen LogP contribution in [0.25, 0.3) is 0 Å². The average Bonchev–Trinajstić information content (AvgIpc) is 2.74. The van der Waals surface area contributed by atoms with Gasteiger partial charge in [0.05, 0.1) is 5.75 Å². The van der Waals surface area contributed by atoms with E-state index in [1.807, 2.05) is 45.0 Å². The van der Waals surface area contributed by atoms with Gasteiger partial charge in [-0.1, -0.05) is 48.9 Å². The van der Waals surface area contributed by atoms with Gasteiger partial charge in [-0.15, -0.1) is 11.8 Å². The molecule has 0 saturated heterocycles. The summed E-state index contributed by atoms with van der Waals surface area (Å²) >= 11 is 7.37. The van der Waals surface area contributed by atoms with Crippen LogP contribution in [0.1, 0.15) is 43.9 Å². The number of aryl methyl sites for hydroxylation is 1. The summed E-state index contributed by atoms with van der Waals surface area (Å²) in [5.74, 6) is -0.336. The zero-order chi connectivity index (χ0) is 23.0. The van der Waals surface area contributed by atoms with E-state index < -0.39 is 6.04 Å². The van der Waals surface area contributed by atoms with E-state index in [0.717, 1.165) is 17.5 Å². The van der Waals surface area contributed by atoms with Crippen LogP contribution in [0.2, 0.25) is 5.02 Å². The molecular weight excluding hydrogens is 435 g/mol. The predicted molar refractivity (Wildman–Crippen MR) is 127 cm³/mol. The fourth-order valence-corrected chi connectivity index (χ4v) is 4.26. The highest BCUT2D eigenvalue weighted by molar-refractivity contribution is 7.99. The van der Waals surface area contributed by atoms with Crippen LogP contribution < -0.4 is 5.32 Å². The van der Waals surface area contributed by atoms with Crippen molar-refractivity contribution in [1.29, 1.82) is 0 Å². The Morgan fingerprint density at radius 3 is 2.52 bits per heavy atom. The summed E-state index contributed by atoms with van der Waals surface area (Å²) in [7, 11) is 0. The molecule has 2 aromatic rings. The van der Waals surface area contributed by atoms with Crippen LogP contribution in [0.5, 0.6) is 0 Å². The van der Waals surface area contributed by atoms with Crippen molar-refractivity contribution >= 4 is 35.2 Å². The van der Waals surface area contributed by atoms with Crippen molar-refractivity contribution in [3.8, 4) is 0 Å². The molecule has 2 atom stereocenters. The van der Waals surface area contributed by atoms with Crippen LogP contribution in [0.15, 0.2) is 42.5 Å². The molecule has 4 nitrogen and oxygen atoms in total. The molecule has 0 aliphatic rings. The standard InChI is InChI=1S/C24H30ClFN2O2S/c1-5-17(3)27-24(30)18(4)28(13-19-10-7-6-9-16(19)2)23(29)15-31-14-20-21(25)11-8-12-22(20)26/h6-12,17-18H,5,13-15H2,1-4H3,(H,27,30). The van der Waals surface area contributed by atoms with Gasteiger partial charge in [0.2, 0.25) is 11.8 Å². The zero-order valence-corrected chi connectivity index (χ0v) is 20.0. The first kappa shape index (κ1) is 25.2. The highest BCUT2D eigenvalue weighted by atomic mass is 35.5. The summed E-state index contributed by atoms with van der Waals surface area (Å²) in [5.41, 5.74) is 2.43. The van der Waals surface area contributed by atoms with Crippen molar-refractivity contribution in [2.45, 2.75) is 58.5 Å². The number of rotatable bonds is 10. The molecule has 0 aliphatic carbocycles. The van der Waals surface area contributed by atoms with E-state index in [-0.39, 0.29) is 35.2 Å². The molecule has 0 radical (unpaired) electrons. The van der Waals surface area contributed by atoms with Crippen LogP contribution in [0.4, 0.5) is 4.39 Å². The number of nitrogens with zero attached hydrogens (tertiary/aromatic N) is 1. The van der Waals surface area contributed by atoms with Crippen molar-refractivity contribution in [2.24, 2.45) is 0 Å². The number of carbonyl (C=O) groups is 2. The quantitative estimate of drug-likeness (QED) is 0.515. The minimum atomic E-state index is -0.626. The molecule has 0 bridgehead atoms. The number of benzene rings is 2. The molecule has 7 heteroatoms. The number of hydrogen-bond acceptors (Lipinski definition) is 3. The van der Waals surface area contributed by atoms with Crippen molar-refractivity contribution < 1.29 is 14.0 Å². The molecule has 1 N–H and O–H groups in total. The lowest BCUT2D eigenvalue weighted by molar-refractivity contribution is -0.138. The largest absolute Gasteiger partial charge is 0.352 e. The van der Waals surface area contributed by atoms with E-state index >= 15 is 0 Å². The van der Waals surface area contributed by atoms with E-state index in [1.54, 1.807) is 24.0 Å². The molecule has 0 heterocycles. The highest BCUT2D eigenvalue weighted by Crippen LogP contribution is 2.24. The maximum absolute atomic E-state index is 14.0. The van der Waals surface area contributed by atoms with Gasteiger partial charge in [-0.05, 0) is 50.5 Å². The first-order valence-electron chi connectivity index (χ1n) is 10.4. The highest BCUT2D eigenvalue weighted by Gasteiger charge is 2.27. The molecule has 0 aromatic heterocycles. The summed E-state index contributed by atoms with van der Waals surface area (Å²) in [6, 6.07) is 11.8. The second-order valence-electron chi connectivity index (χ2n) is 7.63. The van der Waals surface area contributed by atoms with E-state index in [0.29, 0.717) is 17.1 Å². The number of thioether (sulfide) groups is 1. The lowest BCUT2D eigenvalue weighted by atomic mass is 10.1. The van der Waals surface area contributed by atoms with Crippen LogP contribution >= 0.6 is 23.4 Å². The molecule has 2 amide bonds. The molecule has 0 spiro atoms. The van der Waals surface area contributed by atoms with Crippen molar-refractivity contribution in [3.05, 3.63) is 70.0 Å². The maximum Gasteiger partial charge on any atom is 0.242 e. The predicted octanol–water partition coefficient (Wildman–Crippen LogP) is 5.35. The molecular formula is C24H30ClFN2O2S. The topological polar surface area (TPSA) is 49.4 Å². The van der Waals surface area contributed by atoms with Gasteiger partial charge in [0, 0.05) is 28.9 Å². The van der Waals surface area contributed by atoms with Gasteiger partial charge >= 0.3 is 0 Å². The Labute approximate surface area is 193 Å². The fourth-order valence-electron chi connectivity index (χ4n) is 3.01. The average molecular weight is 465 g/mol. The lowest BCUT2D eigenvalue weighted by Crippen LogP contribution is -2.50. The third-order valence-corrected chi connectivity index (χ3v) is 6.60. The summed E-state index contributed by atoms with van der Waals surface area (Å²) in [4.78, 5) is 27.5. The summed E-state index contributed by atoms with van der Waals surface area (Å²) in [6.07, 6.45) is 0.809. The van der Waals surface area contributed by atoms with Crippen LogP contribution in [0.3, 0.4) is 0 Å². The molecule has 0 aliphatic heterocycles. The van der Waals surface area contributed by atoms with E-state index in [1.165, 1.54) is 17.8 Å². The zero-order valence-electron chi connectivity index (χ0n) is 18.5. The normalized spacial score (nSPS) is 12.8. The fraction of sp³-hybridized carbons (Fsp3) is 0.417. The van der Waals surface area contributed by atoms with E-state index in [4.69, 9.17) is 11.6 Å². The molecule has 0 saturated carbocycles. The number of hydrogen-bond donors (Lipinski definition) is 1. The van der Waals surface area contributed by atoms with Gasteiger partial charge in [-0.25, -0.2) is 4.39 Å². The Balaban J connectivity index is 2.13. The number of halogens is 2. The third-order valence-electron chi connectivity index (χ3n) is 5.30. The molecule has 2 aromatic carbocycles. The minimum Gasteiger partial charge on any atom is -0.352 e. The van der Waals surface area contributed by atoms with Gasteiger partial charge in [0.1, 0.15) is 11.9 Å². The Kier molecular flexibility index (Phi) is 9.85. The number of nitrogens with one attached hydrogen (secondary N) is 1. The molecule has 0 fully saturated rings. The molecule has 2 unspecified atom stereocenters. The smallest absolute Gasteiger partial charge is 0.242 e. The van der Waals surface area contributed by atoms with Crippen molar-refractivity contribution in [1.82, 2.24) is 10.2 Å². The maximum atomic E-state index is 14.0. The molecule has 168 valence electrons. The number of carbonyl (C=O) groups excluding carboxylic acids is 2. The van der Waals surface area contributed by atoms with Crippen molar-refractivity contribution in [2.75, 3.05) is 5.75 Å². The Morgan fingerprint density at radius 2 is 1.87 bits per heavy atom. The first-order chi connectivity index (χ1) is 14.7. The number of amides is 2.